The van der Waals surface area contributed by atoms with Crippen LogP contribution in [0, 0.1) is 0 Å². The van der Waals surface area contributed by atoms with Crippen LogP contribution in [0.5, 0.6) is 0 Å². The van der Waals surface area contributed by atoms with E-state index < -0.39 is 24.0 Å². The zero-order valence-electron chi connectivity index (χ0n) is 17.6. The predicted molar refractivity (Wildman–Crippen MR) is 122 cm³/mol. The highest BCUT2D eigenvalue weighted by Crippen LogP contribution is 2.36. The second-order valence-electron chi connectivity index (χ2n) is 7.61. The SMILES string of the molecule is CC1(C)C(=O)Nc2ccccc2N1C(=O)COC(=O)c1cccnc1Sc1ccccc1. The van der Waals surface area contributed by atoms with Gasteiger partial charge in [-0.05, 0) is 50.2 Å². The van der Waals surface area contributed by atoms with Gasteiger partial charge in [0.15, 0.2) is 6.61 Å². The van der Waals surface area contributed by atoms with Gasteiger partial charge in [-0.1, -0.05) is 42.1 Å². The normalized spacial score (nSPS) is 14.3. The Hall–Kier alpha value is -3.65. The number of benzene rings is 2. The number of fused-ring (bicyclic) bond motifs is 1. The Bertz CT molecular complexity index is 1180. The molecule has 0 unspecified atom stereocenters. The second kappa shape index (κ2) is 8.84. The summed E-state index contributed by atoms with van der Waals surface area (Å²) < 4.78 is 5.35. The Kier molecular flexibility index (Phi) is 5.96. The average molecular weight is 448 g/mol. The van der Waals surface area contributed by atoms with Gasteiger partial charge in [-0.2, -0.15) is 0 Å². The maximum Gasteiger partial charge on any atom is 0.341 e. The van der Waals surface area contributed by atoms with Crippen LogP contribution >= 0.6 is 11.8 Å². The van der Waals surface area contributed by atoms with Gasteiger partial charge in [0, 0.05) is 11.1 Å². The van der Waals surface area contributed by atoms with Crippen LogP contribution in [0.25, 0.3) is 0 Å². The largest absolute Gasteiger partial charge is 0.452 e. The molecule has 0 atom stereocenters. The van der Waals surface area contributed by atoms with E-state index in [0.29, 0.717) is 16.4 Å². The van der Waals surface area contributed by atoms with Crippen LogP contribution in [-0.2, 0) is 14.3 Å². The molecular formula is C24H21N3O4S. The number of amides is 2. The standard InChI is InChI=1S/C24H21N3O4S/c1-24(2)23(30)26-18-12-6-7-13-19(18)27(24)20(28)15-31-22(29)17-11-8-14-25-21(17)32-16-9-4-3-5-10-16/h3-14H,15H2,1-2H3,(H,26,30). The highest BCUT2D eigenvalue weighted by Gasteiger charge is 2.43. The lowest BCUT2D eigenvalue weighted by Crippen LogP contribution is -2.59. The lowest BCUT2D eigenvalue weighted by atomic mass is 9.96. The summed E-state index contributed by atoms with van der Waals surface area (Å²) in [7, 11) is 0. The third kappa shape index (κ3) is 4.22. The van der Waals surface area contributed by atoms with E-state index in [4.69, 9.17) is 4.74 Å². The molecule has 0 spiro atoms. The van der Waals surface area contributed by atoms with E-state index in [1.54, 1.807) is 56.4 Å². The summed E-state index contributed by atoms with van der Waals surface area (Å²) in [5, 5.41) is 3.29. The van der Waals surface area contributed by atoms with Crippen molar-refractivity contribution in [3.05, 3.63) is 78.5 Å². The number of rotatable bonds is 5. The number of hydrogen-bond acceptors (Lipinski definition) is 6. The second-order valence-corrected chi connectivity index (χ2v) is 8.67. The number of nitrogens with one attached hydrogen (secondary N) is 1. The first-order chi connectivity index (χ1) is 15.4. The summed E-state index contributed by atoms with van der Waals surface area (Å²) in [4.78, 5) is 45.0. The van der Waals surface area contributed by atoms with E-state index in [1.165, 1.54) is 16.7 Å². The van der Waals surface area contributed by atoms with Gasteiger partial charge in [-0.3, -0.25) is 14.5 Å². The number of para-hydroxylation sites is 2. The topological polar surface area (TPSA) is 88.6 Å². The van der Waals surface area contributed by atoms with Crippen molar-refractivity contribution in [2.24, 2.45) is 0 Å². The van der Waals surface area contributed by atoms with Gasteiger partial charge in [0.05, 0.1) is 16.9 Å². The first kappa shape index (κ1) is 21.6. The Labute approximate surface area is 189 Å². The summed E-state index contributed by atoms with van der Waals surface area (Å²) >= 11 is 1.34. The Balaban J connectivity index is 1.52. The molecular weight excluding hydrogens is 426 g/mol. The fraction of sp³-hybridized carbons (Fsp3) is 0.167. The number of aromatic nitrogens is 1. The molecule has 0 fully saturated rings. The van der Waals surface area contributed by atoms with Gasteiger partial charge in [0.1, 0.15) is 10.6 Å². The summed E-state index contributed by atoms with van der Waals surface area (Å²) in [6.45, 7) is 2.79. The fourth-order valence-corrected chi connectivity index (χ4v) is 4.29. The van der Waals surface area contributed by atoms with Crippen molar-refractivity contribution in [2.75, 3.05) is 16.8 Å². The molecule has 4 rings (SSSR count). The third-order valence-electron chi connectivity index (χ3n) is 5.03. The maximum atomic E-state index is 13.1. The van der Waals surface area contributed by atoms with Crippen molar-refractivity contribution in [3.63, 3.8) is 0 Å². The molecule has 2 aromatic carbocycles. The van der Waals surface area contributed by atoms with E-state index in [2.05, 4.69) is 10.3 Å². The van der Waals surface area contributed by atoms with Crippen LogP contribution in [0.1, 0.15) is 24.2 Å². The third-order valence-corrected chi connectivity index (χ3v) is 6.06. The first-order valence-corrected chi connectivity index (χ1v) is 10.8. The van der Waals surface area contributed by atoms with Crippen LogP contribution in [0.15, 0.2) is 82.8 Å². The monoisotopic (exact) mass is 447 g/mol. The van der Waals surface area contributed by atoms with Crippen LogP contribution in [0.3, 0.4) is 0 Å². The van der Waals surface area contributed by atoms with Gasteiger partial charge in [0.2, 0.25) is 5.91 Å². The van der Waals surface area contributed by atoms with E-state index in [-0.39, 0.29) is 11.5 Å². The minimum Gasteiger partial charge on any atom is -0.452 e. The highest BCUT2D eigenvalue weighted by atomic mass is 32.2. The van der Waals surface area contributed by atoms with Gasteiger partial charge >= 0.3 is 5.97 Å². The summed E-state index contributed by atoms with van der Waals surface area (Å²) in [6, 6.07) is 19.8. The van der Waals surface area contributed by atoms with Crippen LogP contribution in [0.2, 0.25) is 0 Å². The fourth-order valence-electron chi connectivity index (χ4n) is 3.40. The van der Waals surface area contributed by atoms with E-state index >= 15 is 0 Å². The van der Waals surface area contributed by atoms with Gasteiger partial charge in [-0.25, -0.2) is 9.78 Å². The number of ether oxygens (including phenoxy) is 1. The van der Waals surface area contributed by atoms with Gasteiger partial charge in [-0.15, -0.1) is 0 Å². The number of esters is 1. The van der Waals surface area contributed by atoms with E-state index in [9.17, 15) is 14.4 Å². The average Bonchev–Trinajstić information content (AvgIpc) is 2.79. The van der Waals surface area contributed by atoms with Crippen molar-refractivity contribution >= 4 is 40.9 Å². The molecule has 8 heteroatoms. The quantitative estimate of drug-likeness (QED) is 0.591. The lowest BCUT2D eigenvalue weighted by Gasteiger charge is -2.41. The minimum atomic E-state index is -1.14. The van der Waals surface area contributed by atoms with Crippen LogP contribution in [-0.4, -0.2) is 34.9 Å². The molecule has 2 amide bonds. The highest BCUT2D eigenvalue weighted by molar-refractivity contribution is 7.99. The summed E-state index contributed by atoms with van der Waals surface area (Å²) in [5.41, 5.74) is 0.218. The molecule has 0 aliphatic carbocycles. The van der Waals surface area contributed by atoms with Gasteiger partial charge in [0.25, 0.3) is 5.91 Å². The lowest BCUT2D eigenvalue weighted by molar-refractivity contribution is -0.128. The molecule has 3 aromatic rings. The Morgan fingerprint density at radius 3 is 2.53 bits per heavy atom. The molecule has 0 saturated heterocycles. The van der Waals surface area contributed by atoms with E-state index in [1.807, 2.05) is 30.3 Å². The molecule has 2 heterocycles. The molecule has 1 N–H and O–H groups in total. The molecule has 1 aromatic heterocycles. The van der Waals surface area contributed by atoms with Crippen LogP contribution < -0.4 is 10.2 Å². The number of hydrogen-bond donors (Lipinski definition) is 1. The summed E-state index contributed by atoms with van der Waals surface area (Å²) in [5.74, 6) is -1.46. The number of pyridine rings is 1. The maximum absolute atomic E-state index is 13.1. The number of carbonyl (C=O) groups excluding carboxylic acids is 3. The molecule has 32 heavy (non-hydrogen) atoms. The summed E-state index contributed by atoms with van der Waals surface area (Å²) in [6.07, 6.45) is 1.60. The zero-order chi connectivity index (χ0) is 22.7. The van der Waals surface area contributed by atoms with Crippen LogP contribution in [0.4, 0.5) is 11.4 Å². The molecule has 7 nitrogen and oxygen atoms in total. The van der Waals surface area contributed by atoms with E-state index in [0.717, 1.165) is 4.90 Å². The van der Waals surface area contributed by atoms with Crippen molar-refractivity contribution in [1.82, 2.24) is 4.98 Å². The number of anilines is 2. The van der Waals surface area contributed by atoms with Crippen molar-refractivity contribution in [1.29, 1.82) is 0 Å². The van der Waals surface area contributed by atoms with Crippen molar-refractivity contribution < 1.29 is 19.1 Å². The zero-order valence-corrected chi connectivity index (χ0v) is 18.4. The number of nitrogens with zero attached hydrogens (tertiary/aromatic N) is 2. The van der Waals surface area contributed by atoms with Gasteiger partial charge < -0.3 is 10.1 Å². The Morgan fingerprint density at radius 1 is 1.03 bits per heavy atom. The first-order valence-electron chi connectivity index (χ1n) is 9.96. The number of carbonyl (C=O) groups is 3. The smallest absolute Gasteiger partial charge is 0.341 e. The molecule has 0 bridgehead atoms. The molecule has 162 valence electrons. The van der Waals surface area contributed by atoms with Crippen molar-refractivity contribution in [3.8, 4) is 0 Å². The van der Waals surface area contributed by atoms with Crippen molar-refractivity contribution in [2.45, 2.75) is 29.3 Å². The molecule has 0 radical (unpaired) electrons. The Morgan fingerprint density at radius 2 is 1.75 bits per heavy atom. The predicted octanol–water partition coefficient (Wildman–Crippen LogP) is 4.15. The molecule has 1 aliphatic rings. The molecule has 1 aliphatic heterocycles. The minimum absolute atomic E-state index is 0.269. The molecule has 0 saturated carbocycles.